The molecule has 1 aromatic carbocycles. The summed E-state index contributed by atoms with van der Waals surface area (Å²) in [6.07, 6.45) is 4.20. The van der Waals surface area contributed by atoms with Gasteiger partial charge < -0.3 is 9.47 Å². The number of likely N-dealkylation sites (tertiary alicyclic amines) is 1. The number of nitrogens with zero attached hydrogens (tertiary/aromatic N) is 1. The maximum atomic E-state index is 11.6. The van der Waals surface area contributed by atoms with E-state index in [-0.39, 0.29) is 12.0 Å². The van der Waals surface area contributed by atoms with Crippen LogP contribution in [0.4, 0.5) is 0 Å². The third kappa shape index (κ3) is 3.21. The van der Waals surface area contributed by atoms with Crippen LogP contribution in [-0.2, 0) is 16.0 Å². The standard InChI is InChI=1S/C17H23NO3/c1-20-16-5-3-2-4-14(16)12-13-6-9-18(10-7-13)15-8-11-21-17(15)19/h2-5,13,15H,6-12H2,1H3. The van der Waals surface area contributed by atoms with Gasteiger partial charge in [0.2, 0.25) is 0 Å². The van der Waals surface area contributed by atoms with Gasteiger partial charge in [-0.15, -0.1) is 0 Å². The molecule has 0 radical (unpaired) electrons. The fourth-order valence-electron chi connectivity index (χ4n) is 3.47. The number of carbonyl (C=O) groups excluding carboxylic acids is 1. The van der Waals surface area contributed by atoms with Gasteiger partial charge in [-0.05, 0) is 49.9 Å². The summed E-state index contributed by atoms with van der Waals surface area (Å²) in [5.41, 5.74) is 1.29. The number of methoxy groups -OCH3 is 1. The van der Waals surface area contributed by atoms with E-state index in [4.69, 9.17) is 9.47 Å². The molecule has 0 aliphatic carbocycles. The first-order valence-corrected chi connectivity index (χ1v) is 7.80. The molecule has 0 N–H and O–H groups in total. The second-order valence-electron chi connectivity index (χ2n) is 5.97. The molecule has 2 heterocycles. The fraction of sp³-hybridized carbons (Fsp3) is 0.588. The lowest BCUT2D eigenvalue weighted by molar-refractivity contribution is -0.142. The number of hydrogen-bond donors (Lipinski definition) is 0. The Morgan fingerprint density at radius 2 is 2.00 bits per heavy atom. The largest absolute Gasteiger partial charge is 0.496 e. The molecule has 3 rings (SSSR count). The molecule has 1 unspecified atom stereocenters. The topological polar surface area (TPSA) is 38.8 Å². The van der Waals surface area contributed by atoms with E-state index < -0.39 is 0 Å². The number of benzene rings is 1. The first kappa shape index (κ1) is 14.4. The molecule has 4 nitrogen and oxygen atoms in total. The molecular formula is C17H23NO3. The minimum absolute atomic E-state index is 0.0113. The van der Waals surface area contributed by atoms with E-state index in [1.165, 1.54) is 5.56 Å². The Morgan fingerprint density at radius 3 is 2.67 bits per heavy atom. The molecule has 2 saturated heterocycles. The van der Waals surface area contributed by atoms with E-state index in [2.05, 4.69) is 17.0 Å². The summed E-state index contributed by atoms with van der Waals surface area (Å²) in [6.45, 7) is 2.59. The number of cyclic esters (lactones) is 1. The highest BCUT2D eigenvalue weighted by Gasteiger charge is 2.34. The first-order chi connectivity index (χ1) is 10.3. The van der Waals surface area contributed by atoms with Gasteiger partial charge in [0.25, 0.3) is 0 Å². The number of hydrogen-bond acceptors (Lipinski definition) is 4. The van der Waals surface area contributed by atoms with Crippen molar-refractivity contribution in [1.29, 1.82) is 0 Å². The molecule has 114 valence electrons. The number of para-hydroxylation sites is 1. The van der Waals surface area contributed by atoms with Crippen LogP contribution in [0.2, 0.25) is 0 Å². The molecule has 0 amide bonds. The van der Waals surface area contributed by atoms with Gasteiger partial charge >= 0.3 is 5.97 Å². The molecule has 1 atom stereocenters. The lowest BCUT2D eigenvalue weighted by atomic mass is 9.89. The van der Waals surface area contributed by atoms with Gasteiger partial charge in [0.05, 0.1) is 13.7 Å². The van der Waals surface area contributed by atoms with Crippen molar-refractivity contribution in [3.05, 3.63) is 29.8 Å². The van der Waals surface area contributed by atoms with Gasteiger partial charge in [0.1, 0.15) is 11.8 Å². The summed E-state index contributed by atoms with van der Waals surface area (Å²) in [5, 5.41) is 0. The summed E-state index contributed by atoms with van der Waals surface area (Å²) in [6, 6.07) is 8.27. The molecule has 1 aromatic rings. The Labute approximate surface area is 126 Å². The molecule has 21 heavy (non-hydrogen) atoms. The highest BCUT2D eigenvalue weighted by Crippen LogP contribution is 2.28. The Hall–Kier alpha value is -1.55. The zero-order chi connectivity index (χ0) is 14.7. The van der Waals surface area contributed by atoms with Crippen LogP contribution in [0.15, 0.2) is 24.3 Å². The second kappa shape index (κ2) is 6.48. The lowest BCUT2D eigenvalue weighted by Crippen LogP contribution is -2.44. The zero-order valence-corrected chi connectivity index (χ0v) is 12.6. The predicted molar refractivity (Wildman–Crippen MR) is 80.4 cm³/mol. The third-order valence-corrected chi connectivity index (χ3v) is 4.70. The highest BCUT2D eigenvalue weighted by atomic mass is 16.5. The van der Waals surface area contributed by atoms with Crippen LogP contribution in [0.5, 0.6) is 5.75 Å². The molecule has 0 saturated carbocycles. The Kier molecular flexibility index (Phi) is 4.44. The summed E-state index contributed by atoms with van der Waals surface area (Å²) < 4.78 is 10.5. The van der Waals surface area contributed by atoms with Crippen molar-refractivity contribution >= 4 is 5.97 Å². The van der Waals surface area contributed by atoms with Crippen LogP contribution in [0, 0.1) is 5.92 Å². The zero-order valence-electron chi connectivity index (χ0n) is 12.6. The number of ether oxygens (including phenoxy) is 2. The summed E-state index contributed by atoms with van der Waals surface area (Å²) in [4.78, 5) is 13.9. The van der Waals surface area contributed by atoms with Gasteiger partial charge in [0.15, 0.2) is 0 Å². The van der Waals surface area contributed by atoms with Crippen LogP contribution in [0.25, 0.3) is 0 Å². The Morgan fingerprint density at radius 1 is 1.24 bits per heavy atom. The lowest BCUT2D eigenvalue weighted by Gasteiger charge is -2.34. The first-order valence-electron chi connectivity index (χ1n) is 7.80. The van der Waals surface area contributed by atoms with Crippen LogP contribution in [0.3, 0.4) is 0 Å². The number of piperidine rings is 1. The highest BCUT2D eigenvalue weighted by molar-refractivity contribution is 5.77. The SMILES string of the molecule is COc1ccccc1CC1CCN(C2CCOC2=O)CC1. The quantitative estimate of drug-likeness (QED) is 0.797. The molecule has 2 aliphatic heterocycles. The predicted octanol–water partition coefficient (Wildman–Crippen LogP) is 2.27. The average Bonchev–Trinajstić information content (AvgIpc) is 2.95. The van der Waals surface area contributed by atoms with Crippen molar-refractivity contribution in [2.75, 3.05) is 26.8 Å². The molecule has 0 bridgehead atoms. The van der Waals surface area contributed by atoms with E-state index in [9.17, 15) is 4.79 Å². The summed E-state index contributed by atoms with van der Waals surface area (Å²) >= 11 is 0. The molecule has 2 fully saturated rings. The van der Waals surface area contributed by atoms with Crippen molar-refractivity contribution < 1.29 is 14.3 Å². The Bertz CT molecular complexity index is 495. The fourth-order valence-corrected chi connectivity index (χ4v) is 3.47. The van der Waals surface area contributed by atoms with Gasteiger partial charge in [-0.25, -0.2) is 0 Å². The average molecular weight is 289 g/mol. The smallest absolute Gasteiger partial charge is 0.323 e. The molecular weight excluding hydrogens is 266 g/mol. The number of esters is 1. The minimum Gasteiger partial charge on any atom is -0.496 e. The van der Waals surface area contributed by atoms with Crippen LogP contribution in [-0.4, -0.2) is 43.7 Å². The van der Waals surface area contributed by atoms with Crippen molar-refractivity contribution in [2.24, 2.45) is 5.92 Å². The summed E-state index contributed by atoms with van der Waals surface area (Å²) in [5.74, 6) is 1.63. The monoisotopic (exact) mass is 289 g/mol. The minimum atomic E-state index is -0.0295. The third-order valence-electron chi connectivity index (χ3n) is 4.70. The van der Waals surface area contributed by atoms with E-state index in [1.807, 2.05) is 12.1 Å². The van der Waals surface area contributed by atoms with Crippen molar-refractivity contribution in [1.82, 2.24) is 4.90 Å². The van der Waals surface area contributed by atoms with E-state index in [1.54, 1.807) is 7.11 Å². The number of carbonyl (C=O) groups is 1. The normalized spacial score (nSPS) is 24.0. The maximum Gasteiger partial charge on any atom is 0.323 e. The maximum absolute atomic E-state index is 11.6. The summed E-state index contributed by atoms with van der Waals surface area (Å²) in [7, 11) is 1.73. The molecule has 0 spiro atoms. The van der Waals surface area contributed by atoms with Gasteiger partial charge in [-0.2, -0.15) is 0 Å². The van der Waals surface area contributed by atoms with Gasteiger partial charge in [-0.3, -0.25) is 9.69 Å². The van der Waals surface area contributed by atoms with E-state index in [0.29, 0.717) is 12.5 Å². The Balaban J connectivity index is 1.55. The van der Waals surface area contributed by atoms with E-state index >= 15 is 0 Å². The molecule has 2 aliphatic rings. The van der Waals surface area contributed by atoms with Gasteiger partial charge in [0, 0.05) is 6.42 Å². The van der Waals surface area contributed by atoms with Crippen molar-refractivity contribution in [2.45, 2.75) is 31.7 Å². The van der Waals surface area contributed by atoms with Crippen molar-refractivity contribution in [3.63, 3.8) is 0 Å². The molecule has 0 aromatic heterocycles. The van der Waals surface area contributed by atoms with E-state index in [0.717, 1.165) is 44.5 Å². The van der Waals surface area contributed by atoms with Crippen molar-refractivity contribution in [3.8, 4) is 5.75 Å². The van der Waals surface area contributed by atoms with Gasteiger partial charge in [-0.1, -0.05) is 18.2 Å². The van der Waals surface area contributed by atoms with Crippen LogP contribution >= 0.6 is 0 Å². The van der Waals surface area contributed by atoms with Crippen LogP contribution in [0.1, 0.15) is 24.8 Å². The number of rotatable bonds is 4. The van der Waals surface area contributed by atoms with Crippen LogP contribution < -0.4 is 4.74 Å². The molecule has 4 heteroatoms. The second-order valence-corrected chi connectivity index (χ2v) is 5.97.